The molecule has 21 heavy (non-hydrogen) atoms. The smallest absolute Gasteiger partial charge is 0.255 e. The highest BCUT2D eigenvalue weighted by Gasteiger charge is 2.08. The summed E-state index contributed by atoms with van der Waals surface area (Å²) < 4.78 is 0. The molecule has 0 unspecified atom stereocenters. The number of amides is 1. The predicted molar refractivity (Wildman–Crippen MR) is 81.7 cm³/mol. The summed E-state index contributed by atoms with van der Waals surface area (Å²) in [7, 11) is 0. The first-order valence-corrected chi connectivity index (χ1v) is 7.38. The van der Waals surface area contributed by atoms with E-state index >= 15 is 0 Å². The zero-order valence-electron chi connectivity index (χ0n) is 11.4. The Hall–Kier alpha value is -2.28. The number of carbonyl (C=O) groups excluding carboxylic acids is 1. The average Bonchev–Trinajstić information content (AvgIpc) is 2.45. The molecule has 0 aliphatic rings. The van der Waals surface area contributed by atoms with E-state index in [1.807, 2.05) is 31.2 Å². The van der Waals surface area contributed by atoms with Gasteiger partial charge < -0.3 is 15.4 Å². The molecular weight excluding hydrogens is 290 g/mol. The molecule has 110 valence electrons. The van der Waals surface area contributed by atoms with Crippen LogP contribution in [-0.4, -0.2) is 26.7 Å². The van der Waals surface area contributed by atoms with Crippen molar-refractivity contribution in [3.63, 3.8) is 0 Å². The Kier molecular flexibility index (Phi) is 4.99. The second kappa shape index (κ2) is 6.94. The van der Waals surface area contributed by atoms with E-state index in [4.69, 9.17) is 0 Å². The molecule has 0 aliphatic carbocycles. The summed E-state index contributed by atoms with van der Waals surface area (Å²) in [6.45, 7) is 2.02. The lowest BCUT2D eigenvalue weighted by Gasteiger charge is -2.09. The molecule has 0 saturated heterocycles. The van der Waals surface area contributed by atoms with E-state index in [-0.39, 0.29) is 22.7 Å². The molecule has 1 amide bonds. The number of hydrogen-bond acceptors (Lipinski definition) is 5. The first-order chi connectivity index (χ1) is 10.1. The second-order valence-electron chi connectivity index (χ2n) is 4.26. The number of benzene rings is 1. The fourth-order valence-electron chi connectivity index (χ4n) is 1.76. The number of aromatic hydroxyl groups is 1. The Labute approximate surface area is 125 Å². The minimum Gasteiger partial charge on any atom is -0.493 e. The van der Waals surface area contributed by atoms with Gasteiger partial charge in [-0.1, -0.05) is 36.9 Å². The highest BCUT2D eigenvalue weighted by molar-refractivity contribution is 7.99. The monoisotopic (exact) mass is 305 g/mol. The zero-order valence-corrected chi connectivity index (χ0v) is 12.2. The standard InChI is InChI=1S/C14H15N3O3S/c1-2-9-5-3-4-6-10(9)15-13(20)8-21-14-16-11(18)7-12(19)17-14/h3-7H,2,8H2,1H3,(H,15,20)(H2,16,17,18,19). The molecule has 0 spiro atoms. The maximum Gasteiger partial charge on any atom is 0.255 e. The van der Waals surface area contributed by atoms with Crippen molar-refractivity contribution in [2.24, 2.45) is 0 Å². The number of aromatic amines is 1. The van der Waals surface area contributed by atoms with Crippen LogP contribution in [0, 0.1) is 0 Å². The number of H-pyrrole nitrogens is 1. The number of carbonyl (C=O) groups is 1. The van der Waals surface area contributed by atoms with E-state index in [9.17, 15) is 14.7 Å². The quantitative estimate of drug-likeness (QED) is 0.578. The van der Waals surface area contributed by atoms with Gasteiger partial charge in [0, 0.05) is 5.69 Å². The van der Waals surface area contributed by atoms with Gasteiger partial charge in [0.1, 0.15) is 0 Å². The van der Waals surface area contributed by atoms with Gasteiger partial charge in [-0.3, -0.25) is 9.59 Å². The van der Waals surface area contributed by atoms with Crippen molar-refractivity contribution in [3.05, 3.63) is 46.2 Å². The third kappa shape index (κ3) is 4.35. The summed E-state index contributed by atoms with van der Waals surface area (Å²) in [6.07, 6.45) is 0.824. The third-order valence-electron chi connectivity index (χ3n) is 2.72. The van der Waals surface area contributed by atoms with Crippen LogP contribution in [0.5, 0.6) is 5.88 Å². The Bertz CT molecular complexity index is 700. The highest BCUT2D eigenvalue weighted by atomic mass is 32.2. The van der Waals surface area contributed by atoms with E-state index in [1.54, 1.807) is 0 Å². The lowest BCUT2D eigenvalue weighted by molar-refractivity contribution is -0.113. The van der Waals surface area contributed by atoms with Crippen LogP contribution in [0.25, 0.3) is 0 Å². The summed E-state index contributed by atoms with van der Waals surface area (Å²) in [5, 5.41) is 12.2. The van der Waals surface area contributed by atoms with Crippen molar-refractivity contribution in [1.29, 1.82) is 0 Å². The van der Waals surface area contributed by atoms with Gasteiger partial charge in [0.25, 0.3) is 5.56 Å². The van der Waals surface area contributed by atoms with Gasteiger partial charge in [0.05, 0.1) is 11.8 Å². The van der Waals surface area contributed by atoms with Crippen molar-refractivity contribution in [1.82, 2.24) is 9.97 Å². The van der Waals surface area contributed by atoms with Crippen LogP contribution in [0.2, 0.25) is 0 Å². The zero-order chi connectivity index (χ0) is 15.2. The normalized spacial score (nSPS) is 10.3. The predicted octanol–water partition coefficient (Wildman–Crippen LogP) is 1.77. The van der Waals surface area contributed by atoms with Crippen molar-refractivity contribution >= 4 is 23.4 Å². The van der Waals surface area contributed by atoms with Crippen molar-refractivity contribution in [2.45, 2.75) is 18.5 Å². The van der Waals surface area contributed by atoms with Crippen LogP contribution in [0.15, 0.2) is 40.3 Å². The van der Waals surface area contributed by atoms with Crippen LogP contribution in [0.4, 0.5) is 5.69 Å². The molecule has 1 aromatic heterocycles. The van der Waals surface area contributed by atoms with Crippen molar-refractivity contribution in [3.8, 4) is 5.88 Å². The van der Waals surface area contributed by atoms with E-state index in [0.29, 0.717) is 0 Å². The Morgan fingerprint density at radius 1 is 1.43 bits per heavy atom. The molecule has 2 rings (SSSR count). The van der Waals surface area contributed by atoms with Crippen LogP contribution >= 0.6 is 11.8 Å². The van der Waals surface area contributed by atoms with Crippen LogP contribution in [0.1, 0.15) is 12.5 Å². The minimum absolute atomic E-state index is 0.0877. The highest BCUT2D eigenvalue weighted by Crippen LogP contribution is 2.17. The molecule has 0 saturated carbocycles. The SMILES string of the molecule is CCc1ccccc1NC(=O)CSc1nc(O)cc(=O)[nH]1. The summed E-state index contributed by atoms with van der Waals surface area (Å²) in [6, 6.07) is 8.55. The van der Waals surface area contributed by atoms with Gasteiger partial charge in [-0.25, -0.2) is 0 Å². The van der Waals surface area contributed by atoms with Gasteiger partial charge in [-0.15, -0.1) is 0 Å². The molecule has 0 aliphatic heterocycles. The topological polar surface area (TPSA) is 95.1 Å². The number of aromatic nitrogens is 2. The van der Waals surface area contributed by atoms with E-state index in [2.05, 4.69) is 15.3 Å². The molecule has 0 fully saturated rings. The third-order valence-corrected chi connectivity index (χ3v) is 3.59. The van der Waals surface area contributed by atoms with Crippen molar-refractivity contribution < 1.29 is 9.90 Å². The molecule has 0 radical (unpaired) electrons. The van der Waals surface area contributed by atoms with Gasteiger partial charge >= 0.3 is 0 Å². The number of aryl methyl sites for hydroxylation is 1. The average molecular weight is 305 g/mol. The van der Waals surface area contributed by atoms with E-state index in [1.165, 1.54) is 0 Å². The van der Waals surface area contributed by atoms with E-state index < -0.39 is 5.56 Å². The number of hydrogen-bond donors (Lipinski definition) is 3. The van der Waals surface area contributed by atoms with Gasteiger partial charge in [0.15, 0.2) is 5.16 Å². The Morgan fingerprint density at radius 2 is 2.19 bits per heavy atom. The first kappa shape index (κ1) is 15.1. The number of thioether (sulfide) groups is 1. The molecule has 0 bridgehead atoms. The van der Waals surface area contributed by atoms with Gasteiger partial charge in [-0.05, 0) is 18.1 Å². The largest absolute Gasteiger partial charge is 0.493 e. The summed E-state index contributed by atoms with van der Waals surface area (Å²) in [5.74, 6) is -0.477. The molecule has 7 heteroatoms. The molecule has 2 aromatic rings. The maximum atomic E-state index is 11.9. The molecular formula is C14H15N3O3S. The number of nitrogens with one attached hydrogen (secondary N) is 2. The summed E-state index contributed by atoms with van der Waals surface area (Å²) in [4.78, 5) is 29.2. The molecule has 1 heterocycles. The lowest BCUT2D eigenvalue weighted by atomic mass is 10.1. The molecule has 0 atom stereocenters. The fourth-order valence-corrected chi connectivity index (χ4v) is 2.43. The van der Waals surface area contributed by atoms with E-state index in [0.717, 1.165) is 35.5 Å². The van der Waals surface area contributed by atoms with Crippen molar-refractivity contribution in [2.75, 3.05) is 11.1 Å². The molecule has 6 nitrogen and oxygen atoms in total. The summed E-state index contributed by atoms with van der Waals surface area (Å²) >= 11 is 1.05. The lowest BCUT2D eigenvalue weighted by Crippen LogP contribution is -2.16. The number of para-hydroxylation sites is 1. The number of anilines is 1. The molecule has 3 N–H and O–H groups in total. The van der Waals surface area contributed by atoms with Crippen LogP contribution < -0.4 is 10.9 Å². The first-order valence-electron chi connectivity index (χ1n) is 6.39. The Balaban J connectivity index is 1.97. The second-order valence-corrected chi connectivity index (χ2v) is 5.22. The van der Waals surface area contributed by atoms with Crippen LogP contribution in [-0.2, 0) is 11.2 Å². The summed E-state index contributed by atoms with van der Waals surface area (Å²) in [5.41, 5.74) is 1.38. The number of rotatable bonds is 5. The van der Waals surface area contributed by atoms with Crippen LogP contribution in [0.3, 0.4) is 0 Å². The van der Waals surface area contributed by atoms with Gasteiger partial charge in [-0.2, -0.15) is 4.98 Å². The van der Waals surface area contributed by atoms with Gasteiger partial charge in [0.2, 0.25) is 11.8 Å². The fraction of sp³-hybridized carbons (Fsp3) is 0.214. The molecule has 1 aromatic carbocycles. The number of nitrogens with zero attached hydrogens (tertiary/aromatic N) is 1. The minimum atomic E-state index is -0.457. The maximum absolute atomic E-state index is 11.9. The Morgan fingerprint density at radius 3 is 2.90 bits per heavy atom.